The van der Waals surface area contributed by atoms with Crippen molar-refractivity contribution in [3.05, 3.63) is 30.1 Å². The lowest BCUT2D eigenvalue weighted by Crippen LogP contribution is -2.16. The van der Waals surface area contributed by atoms with Gasteiger partial charge >= 0.3 is 6.18 Å². The smallest absolute Gasteiger partial charge is 0.388 e. The third kappa shape index (κ3) is 3.95. The second kappa shape index (κ2) is 5.91. The molecule has 0 spiro atoms. The number of halogens is 3. The quantitative estimate of drug-likeness (QED) is 0.916. The molecule has 0 aliphatic heterocycles. The lowest BCUT2D eigenvalue weighted by molar-refractivity contribution is -0.177. The molecule has 20 heavy (non-hydrogen) atoms. The Morgan fingerprint density at radius 2 is 1.95 bits per heavy atom. The Hall–Kier alpha value is -2.09. The molecule has 2 rings (SSSR count). The first-order valence-electron chi connectivity index (χ1n) is 5.73. The van der Waals surface area contributed by atoms with Crippen LogP contribution in [0.2, 0.25) is 0 Å². The molecule has 0 saturated carbocycles. The fourth-order valence-electron chi connectivity index (χ4n) is 1.47. The largest absolute Gasteiger partial charge is 0.411 e. The number of rotatable bonds is 5. The van der Waals surface area contributed by atoms with Crippen molar-refractivity contribution in [2.75, 3.05) is 19.0 Å². The van der Waals surface area contributed by atoms with Crippen LogP contribution in [0.4, 0.5) is 18.9 Å². The van der Waals surface area contributed by atoms with Crippen LogP contribution in [0.25, 0.3) is 11.5 Å². The molecule has 0 atom stereocenters. The minimum Gasteiger partial charge on any atom is -0.388 e. The predicted octanol–water partition coefficient (Wildman–Crippen LogP) is 2.86. The van der Waals surface area contributed by atoms with E-state index < -0.39 is 12.8 Å². The molecule has 0 radical (unpaired) electrons. The van der Waals surface area contributed by atoms with Gasteiger partial charge < -0.3 is 14.6 Å². The van der Waals surface area contributed by atoms with Crippen molar-refractivity contribution in [3.63, 3.8) is 0 Å². The van der Waals surface area contributed by atoms with Gasteiger partial charge in [0.05, 0.1) is 0 Å². The molecule has 0 bridgehead atoms. The van der Waals surface area contributed by atoms with Gasteiger partial charge in [-0.15, -0.1) is 0 Å². The summed E-state index contributed by atoms with van der Waals surface area (Å²) >= 11 is 0. The second-order valence-electron chi connectivity index (χ2n) is 3.95. The number of benzene rings is 1. The molecule has 8 heteroatoms. The van der Waals surface area contributed by atoms with Crippen LogP contribution in [-0.2, 0) is 11.3 Å². The Balaban J connectivity index is 1.97. The van der Waals surface area contributed by atoms with Crippen molar-refractivity contribution >= 4 is 5.69 Å². The predicted molar refractivity (Wildman–Crippen MR) is 65.0 cm³/mol. The number of ether oxygens (including phenoxy) is 1. The van der Waals surface area contributed by atoms with E-state index in [4.69, 9.17) is 4.52 Å². The molecule has 1 N–H and O–H groups in total. The van der Waals surface area contributed by atoms with Gasteiger partial charge in [0.15, 0.2) is 5.82 Å². The molecule has 0 amide bonds. The average molecular weight is 287 g/mol. The van der Waals surface area contributed by atoms with E-state index in [2.05, 4.69) is 20.2 Å². The molecule has 0 aliphatic rings. The number of hydrogen-bond donors (Lipinski definition) is 1. The number of aromatic nitrogens is 2. The number of hydrogen-bond acceptors (Lipinski definition) is 5. The maximum absolute atomic E-state index is 11.9. The van der Waals surface area contributed by atoms with E-state index in [1.165, 1.54) is 0 Å². The fraction of sp³-hybridized carbons (Fsp3) is 0.333. The van der Waals surface area contributed by atoms with Gasteiger partial charge in [-0.2, -0.15) is 18.2 Å². The van der Waals surface area contributed by atoms with Crippen LogP contribution in [0, 0.1) is 0 Å². The van der Waals surface area contributed by atoms with Gasteiger partial charge in [0.2, 0.25) is 0 Å². The summed E-state index contributed by atoms with van der Waals surface area (Å²) in [5.41, 5.74) is 1.60. The van der Waals surface area contributed by atoms with Crippen LogP contribution in [0.1, 0.15) is 5.82 Å². The second-order valence-corrected chi connectivity index (χ2v) is 3.95. The Kier molecular flexibility index (Phi) is 4.23. The van der Waals surface area contributed by atoms with Crippen molar-refractivity contribution < 1.29 is 22.4 Å². The standard InChI is InChI=1S/C12H12F3N3O2/c1-16-9-4-2-8(3-5-9)11-17-10(18-20-11)6-19-7-12(13,14)15/h2-5,16H,6-7H2,1H3. The van der Waals surface area contributed by atoms with Crippen molar-refractivity contribution in [2.24, 2.45) is 0 Å². The molecule has 2 aromatic rings. The SMILES string of the molecule is CNc1ccc(-c2nc(COCC(F)(F)F)no2)cc1. The van der Waals surface area contributed by atoms with Crippen molar-refractivity contribution in [3.8, 4) is 11.5 Å². The van der Waals surface area contributed by atoms with Gasteiger partial charge in [0, 0.05) is 18.3 Å². The number of nitrogens with one attached hydrogen (secondary N) is 1. The van der Waals surface area contributed by atoms with E-state index in [0.717, 1.165) is 5.69 Å². The van der Waals surface area contributed by atoms with Gasteiger partial charge in [0.25, 0.3) is 5.89 Å². The number of nitrogens with zero attached hydrogens (tertiary/aromatic N) is 2. The van der Waals surface area contributed by atoms with E-state index in [9.17, 15) is 13.2 Å². The maximum Gasteiger partial charge on any atom is 0.411 e. The zero-order chi connectivity index (χ0) is 14.6. The molecule has 1 heterocycles. The average Bonchev–Trinajstić information content (AvgIpc) is 2.86. The van der Waals surface area contributed by atoms with E-state index in [1.807, 2.05) is 12.1 Å². The summed E-state index contributed by atoms with van der Waals surface area (Å²) in [5.74, 6) is 0.306. The highest BCUT2D eigenvalue weighted by atomic mass is 19.4. The monoisotopic (exact) mass is 287 g/mol. The van der Waals surface area contributed by atoms with Gasteiger partial charge in [-0.25, -0.2) is 0 Å². The normalized spacial score (nSPS) is 11.6. The summed E-state index contributed by atoms with van der Waals surface area (Å²) < 4.78 is 45.1. The fourth-order valence-corrected chi connectivity index (χ4v) is 1.47. The van der Waals surface area contributed by atoms with Crippen molar-refractivity contribution in [1.29, 1.82) is 0 Å². The van der Waals surface area contributed by atoms with Crippen LogP contribution in [-0.4, -0.2) is 30.0 Å². The highest BCUT2D eigenvalue weighted by Gasteiger charge is 2.27. The summed E-state index contributed by atoms with van der Waals surface area (Å²) in [4.78, 5) is 3.97. The molecule has 1 aromatic heterocycles. The topological polar surface area (TPSA) is 60.2 Å². The lowest BCUT2D eigenvalue weighted by Gasteiger charge is -2.04. The van der Waals surface area contributed by atoms with Crippen LogP contribution in [0.15, 0.2) is 28.8 Å². The summed E-state index contributed by atoms with van der Waals surface area (Å²) in [5, 5.41) is 6.52. The molecule has 1 aromatic carbocycles. The zero-order valence-electron chi connectivity index (χ0n) is 10.6. The molecular weight excluding hydrogens is 275 g/mol. The van der Waals surface area contributed by atoms with Crippen LogP contribution >= 0.6 is 0 Å². The minimum atomic E-state index is -4.37. The minimum absolute atomic E-state index is 0.0712. The molecule has 0 fully saturated rings. The highest BCUT2D eigenvalue weighted by Crippen LogP contribution is 2.20. The maximum atomic E-state index is 11.9. The molecule has 0 saturated heterocycles. The van der Waals surface area contributed by atoms with Crippen LogP contribution < -0.4 is 5.32 Å². The Morgan fingerprint density at radius 3 is 2.55 bits per heavy atom. The van der Waals surface area contributed by atoms with E-state index >= 15 is 0 Å². The molecule has 0 aliphatic carbocycles. The van der Waals surface area contributed by atoms with E-state index in [0.29, 0.717) is 5.56 Å². The van der Waals surface area contributed by atoms with Gasteiger partial charge in [0.1, 0.15) is 13.2 Å². The number of anilines is 1. The summed E-state index contributed by atoms with van der Waals surface area (Å²) in [6.07, 6.45) is -4.37. The Morgan fingerprint density at radius 1 is 1.25 bits per heavy atom. The van der Waals surface area contributed by atoms with E-state index in [-0.39, 0.29) is 18.3 Å². The lowest BCUT2D eigenvalue weighted by atomic mass is 10.2. The van der Waals surface area contributed by atoms with Gasteiger partial charge in [-0.3, -0.25) is 0 Å². The third-order valence-corrected chi connectivity index (χ3v) is 2.39. The van der Waals surface area contributed by atoms with Crippen molar-refractivity contribution in [1.82, 2.24) is 10.1 Å². The molecule has 5 nitrogen and oxygen atoms in total. The zero-order valence-corrected chi connectivity index (χ0v) is 10.6. The highest BCUT2D eigenvalue weighted by molar-refractivity contribution is 5.58. The van der Waals surface area contributed by atoms with Crippen LogP contribution in [0.5, 0.6) is 0 Å². The number of alkyl halides is 3. The van der Waals surface area contributed by atoms with E-state index in [1.54, 1.807) is 19.2 Å². The summed E-state index contributed by atoms with van der Waals surface area (Å²) in [7, 11) is 1.79. The summed E-state index contributed by atoms with van der Waals surface area (Å²) in [6, 6.07) is 7.16. The first-order chi connectivity index (χ1) is 9.48. The Bertz CT molecular complexity index is 552. The van der Waals surface area contributed by atoms with Gasteiger partial charge in [-0.1, -0.05) is 5.16 Å². The molecular formula is C12H12F3N3O2. The molecule has 0 unspecified atom stereocenters. The van der Waals surface area contributed by atoms with Crippen molar-refractivity contribution in [2.45, 2.75) is 12.8 Å². The van der Waals surface area contributed by atoms with Gasteiger partial charge in [-0.05, 0) is 24.3 Å². The van der Waals surface area contributed by atoms with Crippen LogP contribution in [0.3, 0.4) is 0 Å². The third-order valence-electron chi connectivity index (χ3n) is 2.39. The first kappa shape index (κ1) is 14.3. The Labute approximate surface area is 112 Å². The first-order valence-corrected chi connectivity index (χ1v) is 5.73. The molecule has 108 valence electrons. The summed E-state index contributed by atoms with van der Waals surface area (Å²) in [6.45, 7) is -1.69.